The van der Waals surface area contributed by atoms with Crippen molar-refractivity contribution in [3.05, 3.63) is 12.2 Å². The van der Waals surface area contributed by atoms with Crippen molar-refractivity contribution in [2.45, 2.75) is 26.2 Å². The van der Waals surface area contributed by atoms with Crippen LogP contribution in [-0.2, 0) is 14.3 Å². The van der Waals surface area contributed by atoms with Crippen molar-refractivity contribution in [2.24, 2.45) is 17.8 Å². The predicted octanol–water partition coefficient (Wildman–Crippen LogP) is 1.72. The van der Waals surface area contributed by atoms with Crippen LogP contribution in [0, 0.1) is 17.8 Å². The van der Waals surface area contributed by atoms with Gasteiger partial charge in [-0.1, -0.05) is 12.2 Å². The lowest BCUT2D eigenvalue weighted by atomic mass is 9.88. The highest BCUT2D eigenvalue weighted by Crippen LogP contribution is 2.44. The number of carbonyl (C=O) groups is 2. The average molecular weight is 208 g/mol. The molecule has 1 fully saturated rings. The summed E-state index contributed by atoms with van der Waals surface area (Å²) < 4.78 is 4.77. The zero-order chi connectivity index (χ0) is 10.8. The number of esters is 1. The molecule has 0 N–H and O–H groups in total. The summed E-state index contributed by atoms with van der Waals surface area (Å²) in [7, 11) is 0. The molecule has 0 aromatic heterocycles. The number of fused-ring (bicyclic) bond motifs is 2. The van der Waals surface area contributed by atoms with Gasteiger partial charge in [-0.3, -0.25) is 9.59 Å². The molecule has 2 bridgehead atoms. The molecule has 3 atom stereocenters. The van der Waals surface area contributed by atoms with Gasteiger partial charge < -0.3 is 4.74 Å². The predicted molar refractivity (Wildman–Crippen MR) is 55.1 cm³/mol. The van der Waals surface area contributed by atoms with Crippen molar-refractivity contribution in [3.8, 4) is 0 Å². The lowest BCUT2D eigenvalue weighted by Gasteiger charge is -2.15. The maximum atomic E-state index is 11.8. The third-order valence-corrected chi connectivity index (χ3v) is 3.32. The van der Waals surface area contributed by atoms with E-state index in [1.165, 1.54) is 0 Å². The maximum Gasteiger partial charge on any atom is 0.313 e. The van der Waals surface area contributed by atoms with E-state index in [9.17, 15) is 9.59 Å². The van der Waals surface area contributed by atoms with Crippen LogP contribution in [0.5, 0.6) is 0 Å². The normalized spacial score (nSPS) is 31.9. The molecular weight excluding hydrogens is 192 g/mol. The van der Waals surface area contributed by atoms with Crippen LogP contribution in [0.4, 0.5) is 0 Å². The number of rotatable bonds is 4. The van der Waals surface area contributed by atoms with Gasteiger partial charge in [0.1, 0.15) is 12.2 Å². The Hall–Kier alpha value is -1.12. The molecule has 0 aromatic carbocycles. The van der Waals surface area contributed by atoms with E-state index in [1.54, 1.807) is 6.92 Å². The summed E-state index contributed by atoms with van der Waals surface area (Å²) in [5.74, 6) is 0.715. The number of carbonyl (C=O) groups excluding carboxylic acids is 2. The maximum absolute atomic E-state index is 11.8. The molecule has 0 aliphatic heterocycles. The van der Waals surface area contributed by atoms with Crippen molar-refractivity contribution < 1.29 is 14.3 Å². The molecule has 2 rings (SSSR count). The largest absolute Gasteiger partial charge is 0.466 e. The fourth-order valence-electron chi connectivity index (χ4n) is 2.64. The van der Waals surface area contributed by atoms with Crippen LogP contribution < -0.4 is 0 Å². The van der Waals surface area contributed by atoms with E-state index >= 15 is 0 Å². The molecule has 82 valence electrons. The van der Waals surface area contributed by atoms with Crippen LogP contribution >= 0.6 is 0 Å². The Morgan fingerprint density at radius 3 is 2.67 bits per heavy atom. The molecule has 1 saturated carbocycles. The first-order chi connectivity index (χ1) is 7.20. The second-order valence-corrected chi connectivity index (χ2v) is 4.33. The first-order valence-electron chi connectivity index (χ1n) is 5.57. The van der Waals surface area contributed by atoms with E-state index in [0.717, 1.165) is 12.8 Å². The fourth-order valence-corrected chi connectivity index (χ4v) is 2.64. The summed E-state index contributed by atoms with van der Waals surface area (Å²) in [4.78, 5) is 22.9. The second kappa shape index (κ2) is 4.17. The zero-order valence-electron chi connectivity index (χ0n) is 8.94. The van der Waals surface area contributed by atoms with Crippen molar-refractivity contribution in [2.75, 3.05) is 6.61 Å². The summed E-state index contributed by atoms with van der Waals surface area (Å²) in [6.07, 6.45) is 6.30. The summed E-state index contributed by atoms with van der Waals surface area (Å²) in [5.41, 5.74) is 0. The molecule has 0 saturated heterocycles. The molecule has 0 spiro atoms. The molecule has 0 radical (unpaired) electrons. The molecule has 15 heavy (non-hydrogen) atoms. The Morgan fingerprint density at radius 2 is 2.13 bits per heavy atom. The summed E-state index contributed by atoms with van der Waals surface area (Å²) in [5, 5.41) is 0. The van der Waals surface area contributed by atoms with E-state index in [0.29, 0.717) is 18.4 Å². The standard InChI is InChI=1S/C12H16O3/c1-2-15-12(14)7-11(13)10-6-8-3-4-9(10)5-8/h3-4,8-10H,2,5-7H2,1H3/t8-,9+,10?/m1/s1. The topological polar surface area (TPSA) is 43.4 Å². The molecule has 0 heterocycles. The number of allylic oxidation sites excluding steroid dienone is 2. The van der Waals surface area contributed by atoms with Crippen molar-refractivity contribution in [1.29, 1.82) is 0 Å². The molecule has 3 heteroatoms. The number of ether oxygens (including phenoxy) is 1. The average Bonchev–Trinajstić information content (AvgIpc) is 2.78. The van der Waals surface area contributed by atoms with Crippen LogP contribution in [0.25, 0.3) is 0 Å². The quantitative estimate of drug-likeness (QED) is 0.401. The van der Waals surface area contributed by atoms with E-state index < -0.39 is 0 Å². The van der Waals surface area contributed by atoms with Crippen LogP contribution in [0.15, 0.2) is 12.2 Å². The van der Waals surface area contributed by atoms with Gasteiger partial charge in [0.25, 0.3) is 0 Å². The van der Waals surface area contributed by atoms with Crippen LogP contribution in [-0.4, -0.2) is 18.4 Å². The number of ketones is 1. The molecule has 0 aromatic rings. The number of Topliss-reactive ketones (excluding diaryl/α,β-unsaturated/α-hetero) is 1. The Labute approximate surface area is 89.5 Å². The lowest BCUT2D eigenvalue weighted by Crippen LogP contribution is -2.22. The monoisotopic (exact) mass is 208 g/mol. The summed E-state index contributed by atoms with van der Waals surface area (Å²) in [6, 6.07) is 0. The van der Waals surface area contributed by atoms with E-state index in [4.69, 9.17) is 4.74 Å². The Bertz CT molecular complexity index is 306. The summed E-state index contributed by atoms with van der Waals surface area (Å²) >= 11 is 0. The molecule has 0 amide bonds. The molecule has 2 aliphatic rings. The fraction of sp³-hybridized carbons (Fsp3) is 0.667. The van der Waals surface area contributed by atoms with E-state index in [2.05, 4.69) is 12.2 Å². The third-order valence-electron chi connectivity index (χ3n) is 3.32. The van der Waals surface area contributed by atoms with Gasteiger partial charge in [0.15, 0.2) is 0 Å². The summed E-state index contributed by atoms with van der Waals surface area (Å²) in [6.45, 7) is 2.10. The van der Waals surface area contributed by atoms with Crippen LogP contribution in [0.1, 0.15) is 26.2 Å². The van der Waals surface area contributed by atoms with Gasteiger partial charge in [0.05, 0.1) is 6.61 Å². The smallest absolute Gasteiger partial charge is 0.313 e. The van der Waals surface area contributed by atoms with Crippen molar-refractivity contribution in [3.63, 3.8) is 0 Å². The highest BCUT2D eigenvalue weighted by molar-refractivity contribution is 5.97. The molecule has 2 aliphatic carbocycles. The second-order valence-electron chi connectivity index (χ2n) is 4.33. The van der Waals surface area contributed by atoms with Gasteiger partial charge in [-0.15, -0.1) is 0 Å². The van der Waals surface area contributed by atoms with Crippen LogP contribution in [0.2, 0.25) is 0 Å². The highest BCUT2D eigenvalue weighted by Gasteiger charge is 2.39. The van der Waals surface area contributed by atoms with Gasteiger partial charge in [-0.2, -0.15) is 0 Å². The Balaban J connectivity index is 1.87. The minimum atomic E-state index is -0.380. The van der Waals surface area contributed by atoms with Gasteiger partial charge in [0, 0.05) is 5.92 Å². The molecule has 3 nitrogen and oxygen atoms in total. The van der Waals surface area contributed by atoms with Gasteiger partial charge in [-0.05, 0) is 31.6 Å². The number of hydrogen-bond donors (Lipinski definition) is 0. The van der Waals surface area contributed by atoms with Crippen molar-refractivity contribution in [1.82, 2.24) is 0 Å². The lowest BCUT2D eigenvalue weighted by molar-refractivity contribution is -0.146. The minimum absolute atomic E-state index is 0.0461. The number of hydrogen-bond acceptors (Lipinski definition) is 3. The van der Waals surface area contributed by atoms with E-state index in [1.807, 2.05) is 0 Å². The van der Waals surface area contributed by atoms with Crippen molar-refractivity contribution >= 4 is 11.8 Å². The first kappa shape index (κ1) is 10.4. The van der Waals surface area contributed by atoms with Crippen LogP contribution in [0.3, 0.4) is 0 Å². The first-order valence-corrected chi connectivity index (χ1v) is 5.57. The minimum Gasteiger partial charge on any atom is -0.466 e. The Morgan fingerprint density at radius 1 is 1.33 bits per heavy atom. The highest BCUT2D eigenvalue weighted by atomic mass is 16.5. The van der Waals surface area contributed by atoms with Gasteiger partial charge in [-0.25, -0.2) is 0 Å². The molecular formula is C12H16O3. The third kappa shape index (κ3) is 2.11. The SMILES string of the molecule is CCOC(=O)CC(=O)C1C[C@@H]2C=C[C@H]1C2. The molecule has 1 unspecified atom stereocenters. The van der Waals surface area contributed by atoms with E-state index in [-0.39, 0.29) is 24.1 Å². The van der Waals surface area contributed by atoms with Gasteiger partial charge >= 0.3 is 5.97 Å². The van der Waals surface area contributed by atoms with Gasteiger partial charge in [0.2, 0.25) is 0 Å². The zero-order valence-corrected chi connectivity index (χ0v) is 8.94. The Kier molecular flexibility index (Phi) is 2.89.